The maximum atomic E-state index is 9.13. The van der Waals surface area contributed by atoms with E-state index in [1.165, 1.54) is 12.0 Å². The van der Waals surface area contributed by atoms with Gasteiger partial charge in [0, 0.05) is 13.1 Å². The predicted octanol–water partition coefficient (Wildman–Crippen LogP) is 3.24. The summed E-state index contributed by atoms with van der Waals surface area (Å²) in [7, 11) is 1.66. The number of rotatable bonds is 5. The zero-order valence-electron chi connectivity index (χ0n) is 10.5. The minimum atomic E-state index is -0.107. The molecule has 0 heterocycles. The Morgan fingerprint density at radius 2 is 2.28 bits per heavy atom. The van der Waals surface area contributed by atoms with Crippen molar-refractivity contribution in [1.82, 2.24) is 5.32 Å². The Morgan fingerprint density at radius 3 is 2.78 bits per heavy atom. The summed E-state index contributed by atoms with van der Waals surface area (Å²) in [6.45, 7) is 1.57. The summed E-state index contributed by atoms with van der Waals surface area (Å²) in [4.78, 5) is 0. The standard InChI is InChI=1S/C14H17BrN2O/c1-18-13-4-3-11(7-12(13)15)8-17-10-14(9-16)5-2-6-14/h3-4,7,17H,2,5-6,8,10H2,1H3. The normalized spacial score (nSPS) is 16.7. The van der Waals surface area contributed by atoms with E-state index in [9.17, 15) is 0 Å². The van der Waals surface area contributed by atoms with E-state index < -0.39 is 0 Å². The van der Waals surface area contributed by atoms with Gasteiger partial charge in [0.1, 0.15) is 5.75 Å². The van der Waals surface area contributed by atoms with Crippen molar-refractivity contribution in [2.75, 3.05) is 13.7 Å². The van der Waals surface area contributed by atoms with Crippen LogP contribution in [0, 0.1) is 16.7 Å². The van der Waals surface area contributed by atoms with Gasteiger partial charge in [-0.2, -0.15) is 5.26 Å². The maximum Gasteiger partial charge on any atom is 0.133 e. The van der Waals surface area contributed by atoms with Gasteiger partial charge in [0.25, 0.3) is 0 Å². The van der Waals surface area contributed by atoms with Gasteiger partial charge in [-0.05, 0) is 46.5 Å². The molecule has 1 N–H and O–H groups in total. The third-order valence-corrected chi connectivity index (χ3v) is 4.18. The van der Waals surface area contributed by atoms with E-state index in [0.717, 1.165) is 36.2 Å². The second-order valence-electron chi connectivity index (χ2n) is 4.82. The summed E-state index contributed by atoms with van der Waals surface area (Å²) >= 11 is 3.47. The lowest BCUT2D eigenvalue weighted by atomic mass is 9.70. The molecule has 0 bridgehead atoms. The van der Waals surface area contributed by atoms with Gasteiger partial charge >= 0.3 is 0 Å². The zero-order valence-corrected chi connectivity index (χ0v) is 12.1. The minimum absolute atomic E-state index is 0.107. The van der Waals surface area contributed by atoms with Crippen LogP contribution in [-0.2, 0) is 6.54 Å². The molecule has 96 valence electrons. The molecule has 0 atom stereocenters. The van der Waals surface area contributed by atoms with Gasteiger partial charge < -0.3 is 10.1 Å². The van der Waals surface area contributed by atoms with E-state index in [4.69, 9.17) is 10.00 Å². The number of nitriles is 1. The Morgan fingerprint density at radius 1 is 1.50 bits per heavy atom. The Bertz CT molecular complexity index is 463. The average Bonchev–Trinajstić information content (AvgIpc) is 2.33. The fraction of sp³-hybridized carbons (Fsp3) is 0.500. The first-order valence-electron chi connectivity index (χ1n) is 6.13. The van der Waals surface area contributed by atoms with Crippen LogP contribution in [0.4, 0.5) is 0 Å². The molecule has 3 nitrogen and oxygen atoms in total. The second kappa shape index (κ2) is 5.73. The van der Waals surface area contributed by atoms with E-state index in [1.807, 2.05) is 18.2 Å². The van der Waals surface area contributed by atoms with Gasteiger partial charge in [0.2, 0.25) is 0 Å². The van der Waals surface area contributed by atoms with Crippen LogP contribution in [-0.4, -0.2) is 13.7 Å². The van der Waals surface area contributed by atoms with Crippen molar-refractivity contribution in [2.24, 2.45) is 5.41 Å². The van der Waals surface area contributed by atoms with Gasteiger partial charge in [-0.15, -0.1) is 0 Å². The predicted molar refractivity (Wildman–Crippen MR) is 74.3 cm³/mol. The summed E-state index contributed by atoms with van der Waals surface area (Å²) in [6, 6.07) is 8.47. The van der Waals surface area contributed by atoms with Crippen molar-refractivity contribution in [3.63, 3.8) is 0 Å². The third-order valence-electron chi connectivity index (χ3n) is 3.56. The zero-order chi connectivity index (χ0) is 13.0. The fourth-order valence-electron chi connectivity index (χ4n) is 2.20. The Balaban J connectivity index is 1.87. The van der Waals surface area contributed by atoms with Crippen LogP contribution in [0.2, 0.25) is 0 Å². The van der Waals surface area contributed by atoms with Crippen LogP contribution in [0.3, 0.4) is 0 Å². The first-order chi connectivity index (χ1) is 8.69. The summed E-state index contributed by atoms with van der Waals surface area (Å²) in [5.41, 5.74) is 1.08. The monoisotopic (exact) mass is 308 g/mol. The topological polar surface area (TPSA) is 45.0 Å². The summed E-state index contributed by atoms with van der Waals surface area (Å²) in [6.07, 6.45) is 3.24. The number of nitrogens with zero attached hydrogens (tertiary/aromatic N) is 1. The number of hydrogen-bond acceptors (Lipinski definition) is 3. The van der Waals surface area contributed by atoms with E-state index in [1.54, 1.807) is 7.11 Å². The molecular weight excluding hydrogens is 292 g/mol. The molecule has 0 spiro atoms. The molecule has 0 unspecified atom stereocenters. The number of methoxy groups -OCH3 is 1. The largest absolute Gasteiger partial charge is 0.496 e. The molecule has 1 aromatic rings. The quantitative estimate of drug-likeness (QED) is 0.908. The number of nitrogens with one attached hydrogen (secondary N) is 1. The van der Waals surface area contributed by atoms with Crippen LogP contribution >= 0.6 is 15.9 Å². The van der Waals surface area contributed by atoms with Crippen LogP contribution in [0.25, 0.3) is 0 Å². The van der Waals surface area contributed by atoms with Crippen LogP contribution in [0.1, 0.15) is 24.8 Å². The molecule has 1 saturated carbocycles. The van der Waals surface area contributed by atoms with Crippen molar-refractivity contribution in [3.05, 3.63) is 28.2 Å². The molecule has 0 aromatic heterocycles. The summed E-state index contributed by atoms with van der Waals surface area (Å²) < 4.78 is 6.15. The molecular formula is C14H17BrN2O. The number of hydrogen-bond donors (Lipinski definition) is 1. The van der Waals surface area contributed by atoms with E-state index >= 15 is 0 Å². The smallest absolute Gasteiger partial charge is 0.133 e. The molecule has 2 rings (SSSR count). The second-order valence-corrected chi connectivity index (χ2v) is 5.67. The minimum Gasteiger partial charge on any atom is -0.496 e. The van der Waals surface area contributed by atoms with Crippen LogP contribution in [0.5, 0.6) is 5.75 Å². The highest BCUT2D eigenvalue weighted by molar-refractivity contribution is 9.10. The Labute approximate surface area is 116 Å². The van der Waals surface area contributed by atoms with Crippen molar-refractivity contribution in [3.8, 4) is 11.8 Å². The highest BCUT2D eigenvalue weighted by Gasteiger charge is 2.36. The first-order valence-corrected chi connectivity index (χ1v) is 6.93. The molecule has 0 aliphatic heterocycles. The maximum absolute atomic E-state index is 9.13. The molecule has 0 amide bonds. The molecule has 1 aliphatic carbocycles. The third kappa shape index (κ3) is 2.85. The van der Waals surface area contributed by atoms with Gasteiger partial charge in [0.05, 0.1) is 23.1 Å². The molecule has 0 radical (unpaired) electrons. The van der Waals surface area contributed by atoms with Gasteiger partial charge in [-0.1, -0.05) is 12.5 Å². The van der Waals surface area contributed by atoms with Gasteiger partial charge in [-0.25, -0.2) is 0 Å². The van der Waals surface area contributed by atoms with Crippen LogP contribution < -0.4 is 10.1 Å². The molecule has 0 saturated heterocycles. The van der Waals surface area contributed by atoms with Crippen molar-refractivity contribution < 1.29 is 4.74 Å². The molecule has 1 fully saturated rings. The van der Waals surface area contributed by atoms with Crippen molar-refractivity contribution in [1.29, 1.82) is 5.26 Å². The fourth-order valence-corrected chi connectivity index (χ4v) is 2.79. The van der Waals surface area contributed by atoms with Crippen LogP contribution in [0.15, 0.2) is 22.7 Å². The lowest BCUT2D eigenvalue weighted by Gasteiger charge is -2.35. The Hall–Kier alpha value is -1.05. The Kier molecular flexibility index (Phi) is 4.26. The van der Waals surface area contributed by atoms with E-state index in [2.05, 4.69) is 27.3 Å². The SMILES string of the molecule is COc1ccc(CNCC2(C#N)CCC2)cc1Br. The molecule has 1 aromatic carbocycles. The lowest BCUT2D eigenvalue weighted by molar-refractivity contribution is 0.206. The van der Waals surface area contributed by atoms with Crippen molar-refractivity contribution >= 4 is 15.9 Å². The number of halogens is 1. The molecule has 1 aliphatic rings. The van der Waals surface area contributed by atoms with Crippen molar-refractivity contribution in [2.45, 2.75) is 25.8 Å². The van der Waals surface area contributed by atoms with E-state index in [0.29, 0.717) is 0 Å². The summed E-state index contributed by atoms with van der Waals surface area (Å²) in [5.74, 6) is 0.839. The number of ether oxygens (including phenoxy) is 1. The highest BCUT2D eigenvalue weighted by atomic mass is 79.9. The number of benzene rings is 1. The molecule has 18 heavy (non-hydrogen) atoms. The van der Waals surface area contributed by atoms with Gasteiger partial charge in [-0.3, -0.25) is 0 Å². The van der Waals surface area contributed by atoms with Gasteiger partial charge in [0.15, 0.2) is 0 Å². The molecule has 4 heteroatoms. The lowest BCUT2D eigenvalue weighted by Crippen LogP contribution is -2.38. The first kappa shape index (κ1) is 13.4. The highest BCUT2D eigenvalue weighted by Crippen LogP contribution is 2.39. The van der Waals surface area contributed by atoms with E-state index in [-0.39, 0.29) is 5.41 Å². The summed E-state index contributed by atoms with van der Waals surface area (Å²) in [5, 5.41) is 12.5. The average molecular weight is 309 g/mol.